The van der Waals surface area contributed by atoms with Gasteiger partial charge in [-0.15, -0.1) is 0 Å². The molecule has 0 bridgehead atoms. The van der Waals surface area contributed by atoms with E-state index in [2.05, 4.69) is 18.8 Å². The Morgan fingerprint density at radius 3 is 2.66 bits per heavy atom. The molecule has 5 nitrogen and oxygen atoms in total. The van der Waals surface area contributed by atoms with Crippen LogP contribution in [-0.2, 0) is 6.61 Å². The number of aromatic hydroxyl groups is 1. The lowest BCUT2D eigenvalue weighted by Crippen LogP contribution is -2.03. The molecule has 0 saturated carbocycles. The first-order chi connectivity index (χ1) is 15.5. The zero-order chi connectivity index (χ0) is 22.5. The Morgan fingerprint density at radius 2 is 1.91 bits per heavy atom. The highest BCUT2D eigenvalue weighted by Gasteiger charge is 2.17. The third kappa shape index (κ3) is 5.03. The molecule has 2 aromatic carbocycles. The van der Waals surface area contributed by atoms with Crippen LogP contribution in [0.4, 0.5) is 0 Å². The molecule has 2 heterocycles. The van der Waals surface area contributed by atoms with Crippen LogP contribution in [0.5, 0.6) is 11.5 Å². The van der Waals surface area contributed by atoms with E-state index in [1.54, 1.807) is 24.5 Å². The summed E-state index contributed by atoms with van der Waals surface area (Å²) in [6.07, 6.45) is 3.46. The van der Waals surface area contributed by atoms with Crippen LogP contribution in [0.25, 0.3) is 11.3 Å². The van der Waals surface area contributed by atoms with Gasteiger partial charge in [-0.2, -0.15) is 0 Å². The fraction of sp³-hybridized carbons (Fsp3) is 0.154. The van der Waals surface area contributed by atoms with E-state index in [1.165, 1.54) is 17.8 Å². The van der Waals surface area contributed by atoms with E-state index in [9.17, 15) is 9.90 Å². The van der Waals surface area contributed by atoms with E-state index >= 15 is 0 Å². The van der Waals surface area contributed by atoms with Gasteiger partial charge in [0.1, 0.15) is 28.8 Å². The number of rotatable bonds is 7. The molecule has 0 spiro atoms. The monoisotopic (exact) mass is 445 g/mol. The molecule has 4 aromatic rings. The molecule has 0 amide bonds. The molecule has 0 aliphatic rings. The minimum Gasteiger partial charge on any atom is -0.506 e. The van der Waals surface area contributed by atoms with Gasteiger partial charge in [0.2, 0.25) is 0 Å². The summed E-state index contributed by atoms with van der Waals surface area (Å²) in [6.45, 7) is 4.56. The van der Waals surface area contributed by atoms with Crippen molar-refractivity contribution < 1.29 is 14.3 Å². The van der Waals surface area contributed by atoms with Crippen molar-refractivity contribution in [3.8, 4) is 22.8 Å². The smallest absolute Gasteiger partial charge is 0.354 e. The highest BCUT2D eigenvalue weighted by Crippen LogP contribution is 2.38. The third-order valence-corrected chi connectivity index (χ3v) is 6.06. The topological polar surface area (TPSA) is 72.6 Å². The number of aromatic nitrogens is 1. The number of ether oxygens (including phenoxy) is 1. The molecule has 4 rings (SSSR count). The van der Waals surface area contributed by atoms with Crippen molar-refractivity contribution in [1.29, 1.82) is 0 Å². The zero-order valence-electron chi connectivity index (χ0n) is 17.8. The first kappa shape index (κ1) is 21.7. The summed E-state index contributed by atoms with van der Waals surface area (Å²) in [4.78, 5) is 17.9. The standard InChI is InChI=1S/C26H23NO4S/c1-17(2)21-10-3-4-11-24(21)32-25-22(28)14-23(31-26(25)29)19-8-5-9-20(13-19)30-16-18-7-6-12-27-15-18/h3-15,17,28H,16H2,1-2H3. The molecule has 6 heteroatoms. The molecule has 2 aromatic heterocycles. The van der Waals surface area contributed by atoms with Crippen LogP contribution >= 0.6 is 11.8 Å². The lowest BCUT2D eigenvalue weighted by molar-refractivity contribution is 0.306. The van der Waals surface area contributed by atoms with E-state index < -0.39 is 5.63 Å². The Hall–Kier alpha value is -3.51. The number of hydrogen-bond acceptors (Lipinski definition) is 6. The number of nitrogens with zero attached hydrogens (tertiary/aromatic N) is 1. The van der Waals surface area contributed by atoms with Crippen LogP contribution in [0.3, 0.4) is 0 Å². The van der Waals surface area contributed by atoms with Gasteiger partial charge in [0.25, 0.3) is 0 Å². The van der Waals surface area contributed by atoms with Crippen LogP contribution in [0.15, 0.2) is 98.1 Å². The van der Waals surface area contributed by atoms with Gasteiger partial charge in [0.15, 0.2) is 0 Å². The Balaban J connectivity index is 1.58. The van der Waals surface area contributed by atoms with Crippen molar-refractivity contribution in [2.45, 2.75) is 36.2 Å². The molecule has 1 N–H and O–H groups in total. The third-order valence-electron chi connectivity index (χ3n) is 4.89. The average molecular weight is 446 g/mol. The SMILES string of the molecule is CC(C)c1ccccc1Sc1c(O)cc(-c2cccc(OCc3cccnc3)c2)oc1=O. The molecule has 0 atom stereocenters. The second kappa shape index (κ2) is 9.75. The van der Waals surface area contributed by atoms with E-state index in [4.69, 9.17) is 9.15 Å². The summed E-state index contributed by atoms with van der Waals surface area (Å²) in [5.74, 6) is 1.08. The molecule has 0 aliphatic carbocycles. The summed E-state index contributed by atoms with van der Waals surface area (Å²) in [5.41, 5.74) is 2.12. The highest BCUT2D eigenvalue weighted by atomic mass is 32.2. The first-order valence-electron chi connectivity index (χ1n) is 10.3. The second-order valence-electron chi connectivity index (χ2n) is 7.58. The molecular weight excluding hydrogens is 422 g/mol. The maximum atomic E-state index is 12.7. The molecule has 0 aliphatic heterocycles. The van der Waals surface area contributed by atoms with Gasteiger partial charge < -0.3 is 14.3 Å². The fourth-order valence-electron chi connectivity index (χ4n) is 3.26. The summed E-state index contributed by atoms with van der Waals surface area (Å²) in [6, 6.07) is 20.3. The van der Waals surface area contributed by atoms with Crippen LogP contribution in [0.1, 0.15) is 30.9 Å². The van der Waals surface area contributed by atoms with Gasteiger partial charge in [-0.25, -0.2) is 4.79 Å². The van der Waals surface area contributed by atoms with Crippen LogP contribution in [-0.4, -0.2) is 10.1 Å². The van der Waals surface area contributed by atoms with E-state index in [0.29, 0.717) is 23.8 Å². The first-order valence-corrected chi connectivity index (χ1v) is 11.1. The van der Waals surface area contributed by atoms with Crippen molar-refractivity contribution in [1.82, 2.24) is 4.98 Å². The Bertz CT molecular complexity index is 1270. The Labute approximate surface area is 190 Å². The molecule has 0 fully saturated rings. The van der Waals surface area contributed by atoms with Crippen molar-refractivity contribution in [3.05, 3.63) is 101 Å². The number of pyridine rings is 1. The lowest BCUT2D eigenvalue weighted by atomic mass is 10.0. The van der Waals surface area contributed by atoms with Gasteiger partial charge in [0.05, 0.1) is 0 Å². The maximum Gasteiger partial charge on any atom is 0.354 e. The van der Waals surface area contributed by atoms with Gasteiger partial charge in [-0.3, -0.25) is 4.98 Å². The van der Waals surface area contributed by atoms with Crippen molar-refractivity contribution in [3.63, 3.8) is 0 Å². The predicted octanol–water partition coefficient (Wildman–Crippen LogP) is 6.26. The fourth-order valence-corrected chi connectivity index (χ4v) is 4.33. The van der Waals surface area contributed by atoms with Crippen molar-refractivity contribution in [2.24, 2.45) is 0 Å². The highest BCUT2D eigenvalue weighted by molar-refractivity contribution is 7.99. The second-order valence-corrected chi connectivity index (χ2v) is 8.64. The van der Waals surface area contributed by atoms with Gasteiger partial charge in [-0.1, -0.05) is 62.0 Å². The predicted molar refractivity (Wildman–Crippen MR) is 125 cm³/mol. The molecule has 32 heavy (non-hydrogen) atoms. The molecule has 0 saturated heterocycles. The molecule has 0 unspecified atom stereocenters. The van der Waals surface area contributed by atoms with Gasteiger partial charge in [0, 0.05) is 34.5 Å². The summed E-state index contributed by atoms with van der Waals surface area (Å²) < 4.78 is 11.4. The van der Waals surface area contributed by atoms with Crippen LogP contribution in [0.2, 0.25) is 0 Å². The number of benzene rings is 2. The summed E-state index contributed by atoms with van der Waals surface area (Å²) in [7, 11) is 0. The van der Waals surface area contributed by atoms with Crippen LogP contribution < -0.4 is 10.4 Å². The minimum atomic E-state index is -0.578. The lowest BCUT2D eigenvalue weighted by Gasteiger charge is -2.12. The molecule has 162 valence electrons. The van der Waals surface area contributed by atoms with Crippen molar-refractivity contribution >= 4 is 11.8 Å². The minimum absolute atomic E-state index is 0.110. The zero-order valence-corrected chi connectivity index (χ0v) is 18.6. The van der Waals surface area contributed by atoms with Gasteiger partial charge in [-0.05, 0) is 35.7 Å². The van der Waals surface area contributed by atoms with E-state index in [1.807, 2.05) is 48.5 Å². The van der Waals surface area contributed by atoms with Gasteiger partial charge >= 0.3 is 5.63 Å². The Kier molecular flexibility index (Phi) is 6.61. The summed E-state index contributed by atoms with van der Waals surface area (Å²) >= 11 is 1.22. The molecule has 0 radical (unpaired) electrons. The summed E-state index contributed by atoms with van der Waals surface area (Å²) in [5, 5.41) is 10.6. The average Bonchev–Trinajstić information content (AvgIpc) is 2.81. The molecular formula is C26H23NO4S. The van der Waals surface area contributed by atoms with E-state index in [-0.39, 0.29) is 16.4 Å². The Morgan fingerprint density at radius 1 is 1.06 bits per heavy atom. The van der Waals surface area contributed by atoms with Crippen LogP contribution in [0, 0.1) is 0 Å². The largest absolute Gasteiger partial charge is 0.506 e. The quantitative estimate of drug-likeness (QED) is 0.362. The van der Waals surface area contributed by atoms with E-state index in [0.717, 1.165) is 16.0 Å². The maximum absolute atomic E-state index is 12.7. The van der Waals surface area contributed by atoms with Crippen molar-refractivity contribution in [2.75, 3.05) is 0 Å². The number of hydrogen-bond donors (Lipinski definition) is 1. The normalized spacial score (nSPS) is 11.0.